The van der Waals surface area contributed by atoms with Crippen molar-refractivity contribution in [2.45, 2.75) is 41.5 Å². The Labute approximate surface area is 108 Å². The SMILES string of the molecule is [C-]#CC1=CC(C)(C)C(C)=C(C)C1(C)C.[W+2]. The van der Waals surface area contributed by atoms with E-state index >= 15 is 0 Å². The minimum atomic E-state index is -0.0264. The Balaban J connectivity index is 0.00000196. The van der Waals surface area contributed by atoms with Gasteiger partial charge in [-0.2, -0.15) is 0 Å². The van der Waals surface area contributed by atoms with E-state index < -0.39 is 0 Å². The van der Waals surface area contributed by atoms with Crippen LogP contribution < -0.4 is 0 Å². The maximum atomic E-state index is 7.34. The molecular weight excluding hydrogens is 352 g/mol. The summed E-state index contributed by atoms with van der Waals surface area (Å²) >= 11 is 0. The average Bonchev–Trinajstić information content (AvgIpc) is 2.09. The standard InChI is InChI=1S/C14H19.W/c1-8-12-9-13(4,5)10(2)11(3)14(12,6)7;/h9H,2-7H3;/q-1;+2. The molecule has 1 aliphatic carbocycles. The first kappa shape index (κ1) is 14.7. The van der Waals surface area contributed by atoms with Gasteiger partial charge in [-0.15, -0.1) is 11.6 Å². The summed E-state index contributed by atoms with van der Waals surface area (Å²) in [7, 11) is 0. The molecule has 0 heterocycles. The second-order valence-corrected chi connectivity index (χ2v) is 5.28. The molecule has 1 aliphatic rings. The first-order valence-corrected chi connectivity index (χ1v) is 5.08. The zero-order valence-corrected chi connectivity index (χ0v) is 13.4. The van der Waals surface area contributed by atoms with Crippen molar-refractivity contribution in [2.24, 2.45) is 10.8 Å². The third-order valence-electron chi connectivity index (χ3n) is 3.78. The van der Waals surface area contributed by atoms with Crippen LogP contribution in [0.3, 0.4) is 0 Å². The second-order valence-electron chi connectivity index (χ2n) is 5.28. The first-order chi connectivity index (χ1) is 6.23. The predicted molar refractivity (Wildman–Crippen MR) is 61.2 cm³/mol. The summed E-state index contributed by atoms with van der Waals surface area (Å²) in [6.45, 7) is 13.1. The summed E-state index contributed by atoms with van der Waals surface area (Å²) in [6, 6.07) is 0. The van der Waals surface area contributed by atoms with E-state index in [4.69, 9.17) is 6.42 Å². The summed E-state index contributed by atoms with van der Waals surface area (Å²) < 4.78 is 0. The van der Waals surface area contributed by atoms with Crippen LogP contribution in [-0.4, -0.2) is 0 Å². The van der Waals surface area contributed by atoms with Crippen molar-refractivity contribution in [3.63, 3.8) is 0 Å². The monoisotopic (exact) mass is 371 g/mol. The van der Waals surface area contributed by atoms with Crippen molar-refractivity contribution in [3.05, 3.63) is 29.2 Å². The van der Waals surface area contributed by atoms with E-state index in [1.54, 1.807) is 0 Å². The average molecular weight is 371 g/mol. The van der Waals surface area contributed by atoms with E-state index in [-0.39, 0.29) is 31.9 Å². The summed E-state index contributed by atoms with van der Waals surface area (Å²) in [4.78, 5) is 0. The third kappa shape index (κ3) is 2.29. The molecule has 0 saturated heterocycles. The molecule has 0 saturated carbocycles. The van der Waals surface area contributed by atoms with Crippen LogP contribution in [0.1, 0.15) is 41.5 Å². The van der Waals surface area contributed by atoms with Crippen LogP contribution in [0.15, 0.2) is 22.8 Å². The summed E-state index contributed by atoms with van der Waals surface area (Å²) in [6.07, 6.45) is 9.51. The molecule has 0 aromatic heterocycles. The van der Waals surface area contributed by atoms with E-state index in [0.29, 0.717) is 0 Å². The molecule has 0 atom stereocenters. The molecule has 80 valence electrons. The number of allylic oxidation sites excluding steroid dienone is 4. The van der Waals surface area contributed by atoms with Crippen molar-refractivity contribution in [1.29, 1.82) is 0 Å². The van der Waals surface area contributed by atoms with Crippen LogP contribution in [0.25, 0.3) is 0 Å². The summed E-state index contributed by atoms with van der Waals surface area (Å²) in [5.41, 5.74) is 3.84. The van der Waals surface area contributed by atoms with Gasteiger partial charge in [0.1, 0.15) is 0 Å². The molecule has 0 spiro atoms. The topological polar surface area (TPSA) is 0 Å². The van der Waals surface area contributed by atoms with Crippen molar-refractivity contribution < 1.29 is 21.1 Å². The Bertz CT molecular complexity index is 359. The first-order valence-electron chi connectivity index (χ1n) is 5.08. The van der Waals surface area contributed by atoms with Crippen LogP contribution in [0.5, 0.6) is 0 Å². The molecule has 15 heavy (non-hydrogen) atoms. The van der Waals surface area contributed by atoms with Gasteiger partial charge in [-0.05, 0) is 24.7 Å². The zero-order valence-electron chi connectivity index (χ0n) is 10.5. The van der Waals surface area contributed by atoms with Crippen molar-refractivity contribution in [3.8, 4) is 5.92 Å². The second kappa shape index (κ2) is 4.31. The Morgan fingerprint density at radius 3 is 1.93 bits per heavy atom. The Hall–Kier alpha value is -0.272. The van der Waals surface area contributed by atoms with Crippen molar-refractivity contribution in [1.82, 2.24) is 0 Å². The summed E-state index contributed by atoms with van der Waals surface area (Å²) in [5.74, 6) is 2.58. The number of hydrogen-bond donors (Lipinski definition) is 0. The molecule has 0 bridgehead atoms. The van der Waals surface area contributed by atoms with Gasteiger partial charge >= 0.3 is 21.1 Å². The van der Waals surface area contributed by atoms with Crippen LogP contribution >= 0.6 is 0 Å². The number of rotatable bonds is 0. The van der Waals surface area contributed by atoms with E-state index in [0.717, 1.165) is 5.57 Å². The van der Waals surface area contributed by atoms with Crippen molar-refractivity contribution >= 4 is 0 Å². The molecule has 0 fully saturated rings. The van der Waals surface area contributed by atoms with Crippen LogP contribution in [0.4, 0.5) is 0 Å². The van der Waals surface area contributed by atoms with Gasteiger partial charge in [-0.1, -0.05) is 38.8 Å². The molecule has 0 aromatic rings. The van der Waals surface area contributed by atoms with Gasteiger partial charge in [0.25, 0.3) is 0 Å². The Morgan fingerprint density at radius 1 is 1.07 bits per heavy atom. The van der Waals surface area contributed by atoms with Gasteiger partial charge in [-0.25, -0.2) is 0 Å². The fourth-order valence-electron chi connectivity index (χ4n) is 2.00. The number of hydrogen-bond acceptors (Lipinski definition) is 0. The van der Waals surface area contributed by atoms with E-state index in [1.807, 2.05) is 0 Å². The quantitative estimate of drug-likeness (QED) is 0.344. The van der Waals surface area contributed by atoms with Gasteiger partial charge in [0.2, 0.25) is 0 Å². The molecular formula is C14H19W+. The van der Waals surface area contributed by atoms with Gasteiger partial charge in [0.05, 0.1) is 0 Å². The zero-order chi connectivity index (χ0) is 11.1. The fourth-order valence-corrected chi connectivity index (χ4v) is 2.00. The van der Waals surface area contributed by atoms with Gasteiger partial charge < -0.3 is 6.42 Å². The molecule has 1 rings (SSSR count). The minimum absolute atomic E-state index is 0. The largest absolute Gasteiger partial charge is 2.00 e. The molecule has 0 nitrogen and oxygen atoms in total. The summed E-state index contributed by atoms with van der Waals surface area (Å²) in [5, 5.41) is 0. The predicted octanol–water partition coefficient (Wildman–Crippen LogP) is 3.90. The maximum Gasteiger partial charge on any atom is 2.00 e. The van der Waals surface area contributed by atoms with E-state index in [9.17, 15) is 0 Å². The van der Waals surface area contributed by atoms with E-state index in [2.05, 4.69) is 53.5 Å². The Morgan fingerprint density at radius 2 is 1.53 bits per heavy atom. The van der Waals surface area contributed by atoms with Crippen LogP contribution in [0, 0.1) is 23.2 Å². The molecule has 0 aliphatic heterocycles. The molecule has 1 heteroatoms. The van der Waals surface area contributed by atoms with Gasteiger partial charge in [0.15, 0.2) is 0 Å². The molecule has 0 amide bonds. The van der Waals surface area contributed by atoms with Crippen LogP contribution in [0.2, 0.25) is 0 Å². The van der Waals surface area contributed by atoms with Crippen molar-refractivity contribution in [2.75, 3.05) is 0 Å². The van der Waals surface area contributed by atoms with Crippen LogP contribution in [-0.2, 0) is 21.1 Å². The fraction of sp³-hybridized carbons (Fsp3) is 0.571. The molecule has 0 N–H and O–H groups in total. The maximum absolute atomic E-state index is 7.34. The third-order valence-corrected chi connectivity index (χ3v) is 3.78. The normalized spacial score (nSPS) is 22.6. The van der Waals surface area contributed by atoms with E-state index in [1.165, 1.54) is 11.1 Å². The Kier molecular flexibility index (Phi) is 4.23. The smallest absolute Gasteiger partial charge is 0.366 e. The van der Waals surface area contributed by atoms with Gasteiger partial charge in [0, 0.05) is 0 Å². The van der Waals surface area contributed by atoms with Gasteiger partial charge in [-0.3, -0.25) is 5.92 Å². The molecule has 0 aromatic carbocycles. The molecule has 0 unspecified atom stereocenters. The minimum Gasteiger partial charge on any atom is -0.366 e. The molecule has 0 radical (unpaired) electrons.